The molecule has 9 heteroatoms. The predicted molar refractivity (Wildman–Crippen MR) is 137 cm³/mol. The Bertz CT molecular complexity index is 1520. The van der Waals surface area contributed by atoms with Crippen LogP contribution in [0.15, 0.2) is 76.4 Å². The number of hydrogen-bond donors (Lipinski definition) is 1. The van der Waals surface area contributed by atoms with Crippen molar-refractivity contribution in [1.29, 1.82) is 0 Å². The average molecular weight is 502 g/mol. The molecule has 1 aliphatic carbocycles. The van der Waals surface area contributed by atoms with Crippen LogP contribution in [0, 0.1) is 0 Å². The average Bonchev–Trinajstić information content (AvgIpc) is 3.75. The lowest BCUT2D eigenvalue weighted by atomic mass is 10.1. The zero-order valence-electron chi connectivity index (χ0n) is 20.6. The van der Waals surface area contributed by atoms with Gasteiger partial charge in [-0.3, -0.25) is 18.7 Å². The van der Waals surface area contributed by atoms with E-state index in [-0.39, 0.29) is 42.0 Å². The van der Waals surface area contributed by atoms with Crippen molar-refractivity contribution in [3.05, 3.63) is 105 Å². The minimum Gasteiger partial charge on any atom is -0.494 e. The lowest BCUT2D eigenvalue weighted by Gasteiger charge is -2.19. The smallest absolute Gasteiger partial charge is 0.265 e. The molecule has 0 unspecified atom stereocenters. The molecule has 5 rings (SSSR count). The van der Waals surface area contributed by atoms with Crippen molar-refractivity contribution in [3.8, 4) is 28.8 Å². The van der Waals surface area contributed by atoms with Crippen LogP contribution < -0.4 is 20.6 Å². The molecule has 4 aromatic rings. The first kappa shape index (κ1) is 24.3. The zero-order valence-corrected chi connectivity index (χ0v) is 20.6. The van der Waals surface area contributed by atoms with Gasteiger partial charge in [0.05, 0.1) is 25.9 Å². The maximum absolute atomic E-state index is 13.9. The van der Waals surface area contributed by atoms with Crippen molar-refractivity contribution in [1.82, 2.24) is 14.1 Å². The minimum atomic E-state index is -0.451. The Morgan fingerprint density at radius 3 is 2.27 bits per heavy atom. The summed E-state index contributed by atoms with van der Waals surface area (Å²) in [6.45, 7) is 0.0511. The molecule has 0 aliphatic heterocycles. The SMILES string of the molecule is COc1cccc(OC)c1-n1c(COC2CC2)nc(O)c(Cc2ccc(-n3ccccc3=O)cc2)c1=O. The van der Waals surface area contributed by atoms with Crippen LogP contribution in [0.3, 0.4) is 0 Å². The first-order valence-electron chi connectivity index (χ1n) is 11.9. The molecule has 0 bridgehead atoms. The summed E-state index contributed by atoms with van der Waals surface area (Å²) in [6.07, 6.45) is 3.86. The zero-order chi connectivity index (χ0) is 25.9. The second-order valence-corrected chi connectivity index (χ2v) is 8.74. The molecule has 0 spiro atoms. The molecule has 0 radical (unpaired) electrons. The van der Waals surface area contributed by atoms with Crippen LogP contribution in [-0.2, 0) is 17.8 Å². The third kappa shape index (κ3) is 4.99. The third-order valence-corrected chi connectivity index (χ3v) is 6.24. The van der Waals surface area contributed by atoms with Gasteiger partial charge in [0.25, 0.3) is 11.1 Å². The highest BCUT2D eigenvalue weighted by Crippen LogP contribution is 2.33. The van der Waals surface area contributed by atoms with Crippen LogP contribution in [0.2, 0.25) is 0 Å². The molecule has 1 N–H and O–H groups in total. The number of aromatic nitrogens is 3. The summed E-state index contributed by atoms with van der Waals surface area (Å²) in [5, 5.41) is 10.8. The molecule has 1 aliphatic rings. The van der Waals surface area contributed by atoms with E-state index in [1.54, 1.807) is 48.7 Å². The van der Waals surface area contributed by atoms with Crippen LogP contribution in [0.4, 0.5) is 0 Å². The van der Waals surface area contributed by atoms with E-state index in [0.717, 1.165) is 18.4 Å². The number of rotatable bonds is 9. The second-order valence-electron chi connectivity index (χ2n) is 8.74. The summed E-state index contributed by atoms with van der Waals surface area (Å²) in [6, 6.07) is 17.4. The Kier molecular flexibility index (Phi) is 6.78. The van der Waals surface area contributed by atoms with Gasteiger partial charge in [-0.1, -0.05) is 24.3 Å². The van der Waals surface area contributed by atoms with E-state index in [2.05, 4.69) is 4.98 Å². The number of nitrogens with zero attached hydrogens (tertiary/aromatic N) is 3. The van der Waals surface area contributed by atoms with Crippen molar-refractivity contribution in [2.24, 2.45) is 0 Å². The summed E-state index contributed by atoms with van der Waals surface area (Å²) < 4.78 is 19.8. The number of pyridine rings is 1. The third-order valence-electron chi connectivity index (χ3n) is 6.24. The van der Waals surface area contributed by atoms with E-state index in [9.17, 15) is 14.7 Å². The highest BCUT2D eigenvalue weighted by atomic mass is 16.5. The van der Waals surface area contributed by atoms with E-state index >= 15 is 0 Å². The predicted octanol–water partition coefficient (Wildman–Crippen LogP) is 3.38. The molecule has 0 atom stereocenters. The van der Waals surface area contributed by atoms with E-state index in [0.29, 0.717) is 22.9 Å². The molecule has 0 saturated heterocycles. The summed E-state index contributed by atoms with van der Waals surface area (Å²) >= 11 is 0. The Labute approximate surface area is 213 Å². The molecular weight excluding hydrogens is 474 g/mol. The van der Waals surface area contributed by atoms with Gasteiger partial charge in [-0.25, -0.2) is 0 Å². The van der Waals surface area contributed by atoms with Crippen LogP contribution >= 0.6 is 0 Å². The number of para-hydroxylation sites is 1. The molecule has 2 heterocycles. The highest BCUT2D eigenvalue weighted by Gasteiger charge is 2.26. The van der Waals surface area contributed by atoms with Crippen molar-refractivity contribution in [2.75, 3.05) is 14.2 Å². The van der Waals surface area contributed by atoms with Gasteiger partial charge in [-0.05, 0) is 48.7 Å². The van der Waals surface area contributed by atoms with Crippen LogP contribution in [0.25, 0.3) is 11.4 Å². The van der Waals surface area contributed by atoms with Crippen LogP contribution in [-0.4, -0.2) is 39.5 Å². The first-order chi connectivity index (χ1) is 18.0. The lowest BCUT2D eigenvalue weighted by molar-refractivity contribution is 0.0981. The lowest BCUT2D eigenvalue weighted by Crippen LogP contribution is -2.28. The Balaban J connectivity index is 1.58. The first-order valence-corrected chi connectivity index (χ1v) is 11.9. The molecule has 190 valence electrons. The quantitative estimate of drug-likeness (QED) is 0.375. The van der Waals surface area contributed by atoms with E-state index < -0.39 is 5.56 Å². The Hall–Kier alpha value is -4.37. The van der Waals surface area contributed by atoms with E-state index in [1.807, 2.05) is 12.1 Å². The molecule has 2 aromatic carbocycles. The summed E-state index contributed by atoms with van der Waals surface area (Å²) in [7, 11) is 3.02. The van der Waals surface area contributed by atoms with Gasteiger partial charge in [0.15, 0.2) is 0 Å². The van der Waals surface area contributed by atoms with Crippen LogP contribution in [0.5, 0.6) is 17.4 Å². The molecule has 2 aromatic heterocycles. The minimum absolute atomic E-state index is 0.0511. The van der Waals surface area contributed by atoms with Crippen molar-refractivity contribution in [2.45, 2.75) is 32.0 Å². The maximum Gasteiger partial charge on any atom is 0.265 e. The van der Waals surface area contributed by atoms with Gasteiger partial charge in [-0.2, -0.15) is 4.98 Å². The standard InChI is InChI=1S/C28H27N3O6/c1-35-22-6-5-7-23(36-2)26(22)31-24(17-37-20-13-14-20)29-27(33)21(28(31)34)16-18-9-11-19(12-10-18)30-15-4-3-8-25(30)32/h3-12,15,20,33H,13-14,16-17H2,1-2H3. The molecule has 0 amide bonds. The largest absolute Gasteiger partial charge is 0.494 e. The number of benzene rings is 2. The molecule has 1 saturated carbocycles. The molecule has 9 nitrogen and oxygen atoms in total. The number of hydrogen-bond acceptors (Lipinski definition) is 7. The van der Waals surface area contributed by atoms with Gasteiger partial charge in [-0.15, -0.1) is 0 Å². The van der Waals surface area contributed by atoms with Crippen molar-refractivity contribution >= 4 is 0 Å². The fourth-order valence-corrected chi connectivity index (χ4v) is 4.17. The molecule has 1 fully saturated rings. The normalized spacial score (nSPS) is 12.9. The molecule has 37 heavy (non-hydrogen) atoms. The van der Waals surface area contributed by atoms with Gasteiger partial charge in [0.2, 0.25) is 5.88 Å². The molecular formula is C28H27N3O6. The van der Waals surface area contributed by atoms with Gasteiger partial charge in [0.1, 0.15) is 29.6 Å². The van der Waals surface area contributed by atoms with E-state index in [1.165, 1.54) is 29.4 Å². The fourth-order valence-electron chi connectivity index (χ4n) is 4.17. The van der Waals surface area contributed by atoms with Gasteiger partial charge >= 0.3 is 0 Å². The van der Waals surface area contributed by atoms with Crippen molar-refractivity contribution in [3.63, 3.8) is 0 Å². The van der Waals surface area contributed by atoms with Crippen LogP contribution in [0.1, 0.15) is 29.8 Å². The Morgan fingerprint density at radius 2 is 1.65 bits per heavy atom. The summed E-state index contributed by atoms with van der Waals surface area (Å²) in [5.74, 6) is 0.739. The van der Waals surface area contributed by atoms with E-state index in [4.69, 9.17) is 14.2 Å². The van der Waals surface area contributed by atoms with Gasteiger partial charge < -0.3 is 19.3 Å². The highest BCUT2D eigenvalue weighted by molar-refractivity contribution is 5.58. The maximum atomic E-state index is 13.9. The number of methoxy groups -OCH3 is 2. The summed E-state index contributed by atoms with van der Waals surface area (Å²) in [4.78, 5) is 30.4. The van der Waals surface area contributed by atoms with Gasteiger partial charge in [0, 0.05) is 24.4 Å². The van der Waals surface area contributed by atoms with Crippen molar-refractivity contribution < 1.29 is 19.3 Å². The summed E-state index contributed by atoms with van der Waals surface area (Å²) in [5.41, 5.74) is 1.37. The monoisotopic (exact) mass is 501 g/mol. The topological polar surface area (TPSA) is 105 Å². The number of ether oxygens (including phenoxy) is 3. The Morgan fingerprint density at radius 1 is 0.946 bits per heavy atom. The fraction of sp³-hybridized carbons (Fsp3) is 0.250. The number of aromatic hydroxyl groups is 1. The second kappa shape index (κ2) is 10.3.